The van der Waals surface area contributed by atoms with Gasteiger partial charge < -0.3 is 4.74 Å². The van der Waals surface area contributed by atoms with Crippen LogP contribution in [0.1, 0.15) is 38.2 Å². The van der Waals surface area contributed by atoms with E-state index in [2.05, 4.69) is 36.8 Å². The molecule has 5 rings (SSSR count). The topological polar surface area (TPSA) is 128 Å². The van der Waals surface area contributed by atoms with E-state index in [-0.39, 0.29) is 0 Å². The standard InChI is InChI=1S/C27H23N7O3S/c1-3-23-31-34(27(38-23)28-25(35)18-11-13-19(14-12-18)26(36)37-2)16-17-7-6-8-20(15-17)21-9-4-5-10-22(21)24-29-32-33-30-24/h4-15H,3,16H2,1-2H3,(H,29,30,32,33). The van der Waals surface area contributed by atoms with Crippen molar-refractivity contribution in [3.8, 4) is 22.5 Å². The number of aryl methyl sites for hydroxylation is 1. The Balaban J connectivity index is 1.45. The fourth-order valence-corrected chi connectivity index (χ4v) is 4.76. The van der Waals surface area contributed by atoms with Crippen LogP contribution >= 0.6 is 11.3 Å². The van der Waals surface area contributed by atoms with Crippen LogP contribution in [0.15, 0.2) is 77.8 Å². The van der Waals surface area contributed by atoms with Crippen molar-refractivity contribution in [3.63, 3.8) is 0 Å². The van der Waals surface area contributed by atoms with Crippen LogP contribution in [-0.4, -0.2) is 49.4 Å². The van der Waals surface area contributed by atoms with Crippen LogP contribution in [0.4, 0.5) is 0 Å². The molecule has 0 aliphatic rings. The zero-order valence-corrected chi connectivity index (χ0v) is 21.5. The van der Waals surface area contributed by atoms with Gasteiger partial charge in [-0.05, 0) is 63.9 Å². The summed E-state index contributed by atoms with van der Waals surface area (Å²) >= 11 is 1.38. The number of ether oxygens (including phenoxy) is 1. The summed E-state index contributed by atoms with van der Waals surface area (Å²) < 4.78 is 6.46. The molecule has 190 valence electrons. The smallest absolute Gasteiger partial charge is 0.337 e. The second kappa shape index (κ2) is 11.1. The molecule has 0 aliphatic carbocycles. The van der Waals surface area contributed by atoms with Crippen LogP contribution in [0.2, 0.25) is 0 Å². The molecule has 2 aromatic heterocycles. The summed E-state index contributed by atoms with van der Waals surface area (Å²) in [6, 6.07) is 22.2. The fourth-order valence-electron chi connectivity index (χ4n) is 3.93. The largest absolute Gasteiger partial charge is 0.465 e. The van der Waals surface area contributed by atoms with Gasteiger partial charge >= 0.3 is 5.97 Å². The van der Waals surface area contributed by atoms with Crippen LogP contribution in [0.3, 0.4) is 0 Å². The van der Waals surface area contributed by atoms with Gasteiger partial charge in [-0.3, -0.25) is 4.79 Å². The van der Waals surface area contributed by atoms with E-state index >= 15 is 0 Å². The molecule has 0 unspecified atom stereocenters. The summed E-state index contributed by atoms with van der Waals surface area (Å²) in [5, 5.41) is 19.8. The number of hydrogen-bond acceptors (Lipinski definition) is 8. The van der Waals surface area contributed by atoms with Crippen molar-refractivity contribution in [2.45, 2.75) is 19.9 Å². The highest BCUT2D eigenvalue weighted by Crippen LogP contribution is 2.30. The number of nitrogens with one attached hydrogen (secondary N) is 1. The fraction of sp³-hybridized carbons (Fsp3) is 0.148. The molecule has 10 nitrogen and oxygen atoms in total. The molecule has 0 aliphatic heterocycles. The molecule has 1 amide bonds. The normalized spacial score (nSPS) is 11.5. The number of rotatable bonds is 7. The summed E-state index contributed by atoms with van der Waals surface area (Å²) in [6.45, 7) is 2.44. The Labute approximate surface area is 221 Å². The molecule has 5 aromatic rings. The van der Waals surface area contributed by atoms with E-state index < -0.39 is 11.9 Å². The van der Waals surface area contributed by atoms with Gasteiger partial charge in [0.15, 0.2) is 5.82 Å². The van der Waals surface area contributed by atoms with Crippen molar-refractivity contribution in [1.29, 1.82) is 0 Å². The molecule has 38 heavy (non-hydrogen) atoms. The summed E-state index contributed by atoms with van der Waals surface area (Å²) in [5.74, 6) is -0.285. The Morgan fingerprint density at radius 1 is 1.00 bits per heavy atom. The number of tetrazole rings is 1. The number of amides is 1. The quantitative estimate of drug-likeness (QED) is 0.319. The van der Waals surface area contributed by atoms with Crippen LogP contribution in [0, 0.1) is 0 Å². The molecule has 11 heteroatoms. The van der Waals surface area contributed by atoms with Gasteiger partial charge in [0.05, 0.1) is 19.2 Å². The van der Waals surface area contributed by atoms with E-state index in [9.17, 15) is 9.59 Å². The summed E-state index contributed by atoms with van der Waals surface area (Å²) in [5.41, 5.74) is 4.62. The molecule has 0 radical (unpaired) electrons. The van der Waals surface area contributed by atoms with Gasteiger partial charge in [-0.2, -0.15) is 10.1 Å². The lowest BCUT2D eigenvalue weighted by molar-refractivity contribution is 0.0600. The number of aromatic amines is 1. The number of methoxy groups -OCH3 is 1. The number of esters is 1. The highest BCUT2D eigenvalue weighted by molar-refractivity contribution is 7.08. The Morgan fingerprint density at radius 3 is 2.47 bits per heavy atom. The molecular weight excluding hydrogens is 502 g/mol. The number of hydrogen-bond donors (Lipinski definition) is 1. The maximum absolute atomic E-state index is 12.9. The average Bonchev–Trinajstić information content (AvgIpc) is 3.63. The second-order valence-electron chi connectivity index (χ2n) is 8.27. The van der Waals surface area contributed by atoms with Gasteiger partial charge in [0.25, 0.3) is 5.91 Å². The minimum atomic E-state index is -0.462. The Morgan fingerprint density at radius 2 is 1.76 bits per heavy atom. The maximum Gasteiger partial charge on any atom is 0.337 e. The molecule has 0 saturated heterocycles. The lowest BCUT2D eigenvalue weighted by Gasteiger charge is -2.09. The lowest BCUT2D eigenvalue weighted by Crippen LogP contribution is -2.19. The van der Waals surface area contributed by atoms with Gasteiger partial charge in [0.2, 0.25) is 4.80 Å². The zero-order chi connectivity index (χ0) is 26.5. The predicted octanol–water partition coefficient (Wildman–Crippen LogP) is 3.93. The van der Waals surface area contributed by atoms with Crippen molar-refractivity contribution < 1.29 is 14.3 Å². The molecule has 0 spiro atoms. The molecule has 2 heterocycles. The minimum Gasteiger partial charge on any atom is -0.465 e. The molecule has 0 fully saturated rings. The highest BCUT2D eigenvalue weighted by atomic mass is 32.1. The maximum atomic E-state index is 12.9. The zero-order valence-electron chi connectivity index (χ0n) is 20.7. The molecule has 0 atom stereocenters. The Bertz CT molecular complexity index is 1650. The molecule has 0 saturated carbocycles. The third kappa shape index (κ3) is 5.32. The number of carbonyl (C=O) groups excluding carboxylic acids is 2. The van der Waals surface area contributed by atoms with E-state index in [1.54, 1.807) is 28.9 Å². The summed E-state index contributed by atoms with van der Waals surface area (Å²) in [7, 11) is 1.31. The minimum absolute atomic E-state index is 0.367. The summed E-state index contributed by atoms with van der Waals surface area (Å²) in [4.78, 5) is 29.5. The molecule has 0 bridgehead atoms. The van der Waals surface area contributed by atoms with Crippen LogP contribution in [0.25, 0.3) is 22.5 Å². The van der Waals surface area contributed by atoms with Gasteiger partial charge in [0.1, 0.15) is 5.01 Å². The predicted molar refractivity (Wildman–Crippen MR) is 141 cm³/mol. The summed E-state index contributed by atoms with van der Waals surface area (Å²) in [6.07, 6.45) is 0.723. The monoisotopic (exact) mass is 525 g/mol. The van der Waals surface area contributed by atoms with Crippen molar-refractivity contribution in [2.24, 2.45) is 4.99 Å². The SMILES string of the molecule is CCc1nn(Cc2cccc(-c3ccccc3-c3nnn[nH]3)c2)c(=NC(=O)c2ccc(C(=O)OC)cc2)s1. The first-order chi connectivity index (χ1) is 18.6. The van der Waals surface area contributed by atoms with Crippen molar-refractivity contribution in [3.05, 3.63) is 99.3 Å². The average molecular weight is 526 g/mol. The number of nitrogens with zero attached hydrogens (tertiary/aromatic N) is 6. The van der Waals surface area contributed by atoms with E-state index in [4.69, 9.17) is 4.74 Å². The van der Waals surface area contributed by atoms with E-state index in [1.165, 1.54) is 18.4 Å². The van der Waals surface area contributed by atoms with E-state index in [0.29, 0.717) is 28.3 Å². The first-order valence-electron chi connectivity index (χ1n) is 11.8. The first kappa shape index (κ1) is 24.9. The van der Waals surface area contributed by atoms with Crippen LogP contribution in [0.5, 0.6) is 0 Å². The second-order valence-corrected chi connectivity index (χ2v) is 9.31. The third-order valence-corrected chi connectivity index (χ3v) is 6.90. The van der Waals surface area contributed by atoms with E-state index in [1.807, 2.05) is 49.4 Å². The van der Waals surface area contributed by atoms with Gasteiger partial charge in [-0.25, -0.2) is 14.6 Å². The van der Waals surface area contributed by atoms with Gasteiger partial charge in [-0.15, -0.1) is 5.10 Å². The number of carbonyl (C=O) groups is 2. The number of benzene rings is 3. The number of aromatic nitrogens is 6. The van der Waals surface area contributed by atoms with Crippen LogP contribution < -0.4 is 4.80 Å². The lowest BCUT2D eigenvalue weighted by atomic mass is 9.98. The first-order valence-corrected chi connectivity index (χ1v) is 12.6. The Kier molecular flexibility index (Phi) is 7.27. The number of H-pyrrole nitrogens is 1. The van der Waals surface area contributed by atoms with E-state index in [0.717, 1.165) is 33.7 Å². The Hall–Kier alpha value is -4.77. The van der Waals surface area contributed by atoms with Gasteiger partial charge in [0, 0.05) is 11.1 Å². The van der Waals surface area contributed by atoms with Crippen LogP contribution in [-0.2, 0) is 17.7 Å². The van der Waals surface area contributed by atoms with Crippen molar-refractivity contribution >= 4 is 23.2 Å². The third-order valence-electron chi connectivity index (χ3n) is 5.81. The molecule has 3 aromatic carbocycles. The highest BCUT2D eigenvalue weighted by Gasteiger charge is 2.13. The van der Waals surface area contributed by atoms with Crippen molar-refractivity contribution in [2.75, 3.05) is 7.11 Å². The molecular formula is C27H23N7O3S. The van der Waals surface area contributed by atoms with Gasteiger partial charge in [-0.1, -0.05) is 60.7 Å². The van der Waals surface area contributed by atoms with Crippen molar-refractivity contribution in [1.82, 2.24) is 30.4 Å². The molecule has 1 N–H and O–H groups in total.